The first-order valence-electron chi connectivity index (χ1n) is 7.07. The number of nitrogens with one attached hydrogen (secondary N) is 2. The van der Waals surface area contributed by atoms with Gasteiger partial charge in [-0.05, 0) is 61.5 Å². The van der Waals surface area contributed by atoms with Crippen molar-refractivity contribution in [2.75, 3.05) is 5.32 Å². The maximum absolute atomic E-state index is 12.5. The Bertz CT molecular complexity index is 681. The molecule has 0 aromatic heterocycles. The van der Waals surface area contributed by atoms with Gasteiger partial charge in [-0.1, -0.05) is 24.3 Å². The van der Waals surface area contributed by atoms with E-state index in [0.29, 0.717) is 10.8 Å². The molecule has 0 aliphatic heterocycles. The summed E-state index contributed by atoms with van der Waals surface area (Å²) in [6.07, 6.45) is -4.34. The van der Waals surface area contributed by atoms with Crippen LogP contribution >= 0.6 is 12.2 Å². The Morgan fingerprint density at radius 1 is 1.04 bits per heavy atom. The molecule has 2 N–H and O–H groups in total. The van der Waals surface area contributed by atoms with E-state index < -0.39 is 11.7 Å². The van der Waals surface area contributed by atoms with E-state index in [0.717, 1.165) is 23.3 Å². The molecule has 0 radical (unpaired) electrons. The fourth-order valence-electron chi connectivity index (χ4n) is 2.26. The van der Waals surface area contributed by atoms with Gasteiger partial charge in [-0.25, -0.2) is 0 Å². The van der Waals surface area contributed by atoms with Gasteiger partial charge in [-0.2, -0.15) is 13.2 Å². The van der Waals surface area contributed by atoms with Crippen LogP contribution in [0, 0.1) is 6.92 Å². The van der Waals surface area contributed by atoms with Crippen molar-refractivity contribution in [2.45, 2.75) is 26.1 Å². The maximum Gasteiger partial charge on any atom is 0.416 e. The molecule has 6 heteroatoms. The van der Waals surface area contributed by atoms with Crippen LogP contribution in [0.25, 0.3) is 0 Å². The first-order chi connectivity index (χ1) is 10.8. The minimum atomic E-state index is -4.34. The third-order valence-corrected chi connectivity index (χ3v) is 3.69. The highest BCUT2D eigenvalue weighted by atomic mass is 32.1. The van der Waals surface area contributed by atoms with Crippen molar-refractivity contribution in [1.29, 1.82) is 0 Å². The van der Waals surface area contributed by atoms with Crippen LogP contribution in [0.15, 0.2) is 48.5 Å². The Hall–Kier alpha value is -2.08. The number of hydrogen-bond donors (Lipinski definition) is 2. The first kappa shape index (κ1) is 17.3. The minimum Gasteiger partial charge on any atom is -0.356 e. The number of benzene rings is 2. The molecule has 0 saturated carbocycles. The van der Waals surface area contributed by atoms with Crippen molar-refractivity contribution in [1.82, 2.24) is 5.32 Å². The fraction of sp³-hybridized carbons (Fsp3) is 0.235. The molecule has 23 heavy (non-hydrogen) atoms. The predicted molar refractivity (Wildman–Crippen MR) is 90.4 cm³/mol. The molecule has 0 amide bonds. The van der Waals surface area contributed by atoms with Crippen LogP contribution < -0.4 is 10.6 Å². The van der Waals surface area contributed by atoms with Gasteiger partial charge < -0.3 is 10.6 Å². The van der Waals surface area contributed by atoms with E-state index in [1.165, 1.54) is 12.1 Å². The number of thiocarbonyl (C=S) groups is 1. The smallest absolute Gasteiger partial charge is 0.356 e. The van der Waals surface area contributed by atoms with Crippen LogP contribution in [-0.2, 0) is 6.18 Å². The largest absolute Gasteiger partial charge is 0.416 e. The summed E-state index contributed by atoms with van der Waals surface area (Å²) >= 11 is 5.22. The highest BCUT2D eigenvalue weighted by Gasteiger charge is 2.29. The van der Waals surface area contributed by atoms with Gasteiger partial charge >= 0.3 is 6.18 Å². The monoisotopic (exact) mass is 338 g/mol. The minimum absolute atomic E-state index is 0.00866. The van der Waals surface area contributed by atoms with E-state index in [1.54, 1.807) is 0 Å². The molecule has 0 unspecified atom stereocenters. The summed E-state index contributed by atoms with van der Waals surface area (Å²) in [7, 11) is 0. The molecule has 2 aromatic rings. The molecule has 0 saturated heterocycles. The van der Waals surface area contributed by atoms with Crippen LogP contribution in [0.4, 0.5) is 18.9 Å². The van der Waals surface area contributed by atoms with Crippen LogP contribution in [0.5, 0.6) is 0 Å². The van der Waals surface area contributed by atoms with Crippen molar-refractivity contribution >= 4 is 23.0 Å². The zero-order valence-electron chi connectivity index (χ0n) is 12.7. The molecule has 122 valence electrons. The quantitative estimate of drug-likeness (QED) is 0.765. The van der Waals surface area contributed by atoms with Gasteiger partial charge in [0, 0.05) is 5.69 Å². The van der Waals surface area contributed by atoms with Crippen LogP contribution in [0.1, 0.15) is 29.7 Å². The number of anilines is 1. The van der Waals surface area contributed by atoms with Gasteiger partial charge in [0.2, 0.25) is 0 Å². The second-order valence-electron chi connectivity index (χ2n) is 5.25. The number of rotatable bonds is 3. The molecule has 2 aromatic carbocycles. The second kappa shape index (κ2) is 7.00. The number of aryl methyl sites for hydroxylation is 1. The van der Waals surface area contributed by atoms with Crippen molar-refractivity contribution in [3.63, 3.8) is 0 Å². The summed E-state index contributed by atoms with van der Waals surface area (Å²) in [4.78, 5) is 0. The van der Waals surface area contributed by atoms with E-state index in [4.69, 9.17) is 12.2 Å². The van der Waals surface area contributed by atoms with E-state index >= 15 is 0 Å². The van der Waals surface area contributed by atoms with Gasteiger partial charge in [0.15, 0.2) is 5.11 Å². The van der Waals surface area contributed by atoms with Crippen molar-refractivity contribution in [3.05, 3.63) is 65.2 Å². The molecule has 0 fully saturated rings. The summed E-state index contributed by atoms with van der Waals surface area (Å²) in [5, 5.41) is 6.38. The number of halogens is 3. The number of hydrogen-bond acceptors (Lipinski definition) is 1. The summed E-state index contributed by atoms with van der Waals surface area (Å²) in [5.74, 6) is 0. The SMILES string of the molecule is Cc1ccccc1[C@@H](C)NC(=S)Nc1ccc(C(F)(F)F)cc1. The Morgan fingerprint density at radius 3 is 2.22 bits per heavy atom. The molecule has 0 spiro atoms. The van der Waals surface area contributed by atoms with E-state index in [2.05, 4.69) is 10.6 Å². The second-order valence-corrected chi connectivity index (χ2v) is 5.66. The standard InChI is InChI=1S/C17H17F3N2S/c1-11-5-3-4-6-15(11)12(2)21-16(23)22-14-9-7-13(8-10-14)17(18,19)20/h3-10,12H,1-2H3,(H2,21,22,23)/t12-/m1/s1. The predicted octanol–water partition coefficient (Wildman–Crippen LogP) is 5.06. The average molecular weight is 338 g/mol. The summed E-state index contributed by atoms with van der Waals surface area (Å²) in [6.45, 7) is 3.99. The third-order valence-electron chi connectivity index (χ3n) is 3.47. The lowest BCUT2D eigenvalue weighted by molar-refractivity contribution is -0.137. The van der Waals surface area contributed by atoms with Crippen molar-refractivity contribution in [2.24, 2.45) is 0 Å². The molecular formula is C17H17F3N2S. The zero-order chi connectivity index (χ0) is 17.0. The first-order valence-corrected chi connectivity index (χ1v) is 7.48. The van der Waals surface area contributed by atoms with Gasteiger partial charge in [0.25, 0.3) is 0 Å². The van der Waals surface area contributed by atoms with Gasteiger partial charge in [0.1, 0.15) is 0 Å². The molecule has 2 rings (SSSR count). The lowest BCUT2D eigenvalue weighted by Gasteiger charge is -2.19. The Labute approximate surface area is 138 Å². The highest BCUT2D eigenvalue weighted by molar-refractivity contribution is 7.80. The topological polar surface area (TPSA) is 24.1 Å². The molecule has 0 aliphatic rings. The van der Waals surface area contributed by atoms with Crippen molar-refractivity contribution < 1.29 is 13.2 Å². The third kappa shape index (κ3) is 4.69. The Morgan fingerprint density at radius 2 is 1.65 bits per heavy atom. The summed E-state index contributed by atoms with van der Waals surface area (Å²) in [5.41, 5.74) is 2.08. The van der Waals surface area contributed by atoms with E-state index in [-0.39, 0.29) is 6.04 Å². The van der Waals surface area contributed by atoms with Gasteiger partial charge in [0.05, 0.1) is 11.6 Å². The molecule has 2 nitrogen and oxygen atoms in total. The summed E-state index contributed by atoms with van der Waals surface area (Å²) in [6, 6.07) is 12.7. The zero-order valence-corrected chi connectivity index (χ0v) is 13.6. The Kier molecular flexibility index (Phi) is 5.26. The van der Waals surface area contributed by atoms with E-state index in [9.17, 15) is 13.2 Å². The van der Waals surface area contributed by atoms with Gasteiger partial charge in [-0.15, -0.1) is 0 Å². The van der Waals surface area contributed by atoms with Crippen LogP contribution in [0.2, 0.25) is 0 Å². The lowest BCUT2D eigenvalue weighted by Crippen LogP contribution is -2.31. The van der Waals surface area contributed by atoms with E-state index in [1.807, 2.05) is 38.1 Å². The van der Waals surface area contributed by atoms with Crippen LogP contribution in [0.3, 0.4) is 0 Å². The normalized spacial score (nSPS) is 12.6. The highest BCUT2D eigenvalue weighted by Crippen LogP contribution is 2.29. The molecule has 1 atom stereocenters. The molecule has 0 aliphatic carbocycles. The van der Waals surface area contributed by atoms with Gasteiger partial charge in [-0.3, -0.25) is 0 Å². The molecule has 0 heterocycles. The average Bonchev–Trinajstić information content (AvgIpc) is 2.47. The molecule has 0 bridgehead atoms. The Balaban J connectivity index is 1.98. The molecular weight excluding hydrogens is 321 g/mol. The maximum atomic E-state index is 12.5. The van der Waals surface area contributed by atoms with Crippen LogP contribution in [-0.4, -0.2) is 5.11 Å². The van der Waals surface area contributed by atoms with Crippen molar-refractivity contribution in [3.8, 4) is 0 Å². The fourth-order valence-corrected chi connectivity index (χ4v) is 2.55. The number of alkyl halides is 3. The summed E-state index contributed by atoms with van der Waals surface area (Å²) < 4.78 is 37.6. The lowest BCUT2D eigenvalue weighted by atomic mass is 10.0.